The minimum Gasteiger partial charge on any atom is -0.504 e. The molecule has 5 aromatic rings. The normalized spacial score (nSPS) is 19.7. The van der Waals surface area contributed by atoms with Gasteiger partial charge in [0.05, 0.1) is 95.0 Å². The summed E-state index contributed by atoms with van der Waals surface area (Å²) in [6.07, 6.45) is -8.63. The molecule has 0 aliphatic carbocycles. The van der Waals surface area contributed by atoms with Gasteiger partial charge in [0, 0.05) is 11.8 Å². The van der Waals surface area contributed by atoms with E-state index in [0.29, 0.717) is 35.5 Å². The third kappa shape index (κ3) is 10.9. The summed E-state index contributed by atoms with van der Waals surface area (Å²) in [6, 6.07) is 20.0. The first kappa shape index (κ1) is 53.2. The van der Waals surface area contributed by atoms with E-state index < -0.39 is 68.7 Å². The lowest BCUT2D eigenvalue weighted by Crippen LogP contribution is -2.30. The molecular weight excluding hydrogens is 945 g/mol. The molecule has 2 aliphatic heterocycles. The summed E-state index contributed by atoms with van der Waals surface area (Å²) in [7, 11) is 9.94. The lowest BCUT2D eigenvalue weighted by atomic mass is 9.84. The molecule has 390 valence electrons. The van der Waals surface area contributed by atoms with Crippen molar-refractivity contribution in [2.75, 3.05) is 82.8 Å². The van der Waals surface area contributed by atoms with Crippen molar-refractivity contribution >= 4 is 0 Å². The van der Waals surface area contributed by atoms with E-state index in [4.69, 9.17) is 56.8 Å². The molecule has 20 heteroatoms. The summed E-state index contributed by atoms with van der Waals surface area (Å²) in [4.78, 5) is 0. The van der Waals surface area contributed by atoms with Gasteiger partial charge in [-0.15, -0.1) is 0 Å². The first-order valence-electron chi connectivity index (χ1n) is 22.8. The smallest absolute Gasteiger partial charge is 0.204 e. The van der Waals surface area contributed by atoms with E-state index in [-0.39, 0.29) is 86.4 Å². The van der Waals surface area contributed by atoms with Crippen LogP contribution in [0.25, 0.3) is 0 Å². The molecule has 7 rings (SSSR count). The van der Waals surface area contributed by atoms with E-state index in [0.717, 1.165) is 0 Å². The number of ether oxygens (including phenoxy) is 12. The Balaban J connectivity index is 1.06. The molecule has 0 bridgehead atoms. The average Bonchev–Trinajstić information content (AvgIpc) is 4.03. The summed E-state index contributed by atoms with van der Waals surface area (Å²) >= 11 is 0. The maximum absolute atomic E-state index is 11.6. The zero-order valence-corrected chi connectivity index (χ0v) is 40.8. The molecule has 2 heterocycles. The standard InChI is InChI=1S/C52H62O20/c1-61-36-14-26(8-11-33(36)56)46(58)43(21-53)70-35-13-10-28(16-38(35)63-3)48(60)45(23-55)72-52-41(66-6)19-30(20-42(52)67-7)50-32-25-68-49(31(32)24-69-50)29-17-39(64-4)51(40(18-29)65-5)71-44(22-54)47(59)27-9-12-34(57)37(15-27)62-2/h8-20,31-32,43-50,53-60H,21-25H2,1-7H3/t31-,32-,43+,44-,45-,46-,47+,48-,49+,50+/m1/s1. The van der Waals surface area contributed by atoms with Gasteiger partial charge in [-0.1, -0.05) is 18.2 Å². The molecular formula is C52H62O20. The molecule has 5 aromatic carbocycles. The summed E-state index contributed by atoms with van der Waals surface area (Å²) in [5, 5.41) is 85.0. The number of aliphatic hydroxyl groups excluding tert-OH is 6. The van der Waals surface area contributed by atoms with Gasteiger partial charge in [-0.25, -0.2) is 0 Å². The van der Waals surface area contributed by atoms with Crippen molar-refractivity contribution in [2.45, 2.75) is 48.8 Å². The van der Waals surface area contributed by atoms with Crippen LogP contribution in [0.2, 0.25) is 0 Å². The number of benzene rings is 5. The van der Waals surface area contributed by atoms with Crippen LogP contribution in [0.1, 0.15) is 58.3 Å². The predicted molar refractivity (Wildman–Crippen MR) is 255 cm³/mol. The molecule has 2 fully saturated rings. The van der Waals surface area contributed by atoms with Gasteiger partial charge in [-0.05, 0) is 88.5 Å². The average molecular weight is 1010 g/mol. The number of methoxy groups -OCH3 is 7. The Morgan fingerprint density at radius 1 is 0.417 bits per heavy atom. The molecule has 0 unspecified atom stereocenters. The number of aromatic hydroxyl groups is 2. The van der Waals surface area contributed by atoms with Gasteiger partial charge in [0.2, 0.25) is 11.5 Å². The first-order valence-corrected chi connectivity index (χ1v) is 22.8. The van der Waals surface area contributed by atoms with Crippen LogP contribution in [0.3, 0.4) is 0 Å². The van der Waals surface area contributed by atoms with Crippen LogP contribution in [0.5, 0.6) is 69.0 Å². The second kappa shape index (κ2) is 23.7. The van der Waals surface area contributed by atoms with E-state index in [1.54, 1.807) is 24.3 Å². The molecule has 0 saturated carbocycles. The van der Waals surface area contributed by atoms with Gasteiger partial charge in [-0.3, -0.25) is 0 Å². The summed E-state index contributed by atoms with van der Waals surface area (Å²) < 4.78 is 70.3. The van der Waals surface area contributed by atoms with Crippen molar-refractivity contribution in [2.24, 2.45) is 11.8 Å². The monoisotopic (exact) mass is 1010 g/mol. The zero-order chi connectivity index (χ0) is 51.8. The van der Waals surface area contributed by atoms with Crippen LogP contribution in [0, 0.1) is 11.8 Å². The minimum atomic E-state index is -1.43. The van der Waals surface area contributed by atoms with E-state index >= 15 is 0 Å². The number of aliphatic hydroxyl groups is 6. The molecule has 0 spiro atoms. The minimum absolute atomic E-state index is 0.106. The van der Waals surface area contributed by atoms with Gasteiger partial charge in [0.1, 0.15) is 18.3 Å². The Labute approximate surface area is 415 Å². The van der Waals surface area contributed by atoms with Crippen molar-refractivity contribution in [3.05, 3.63) is 107 Å². The van der Waals surface area contributed by atoms with E-state index in [1.165, 1.54) is 104 Å². The maximum atomic E-state index is 11.6. The van der Waals surface area contributed by atoms with Crippen LogP contribution < -0.4 is 47.4 Å². The Morgan fingerprint density at radius 2 is 0.736 bits per heavy atom. The second-order valence-corrected chi connectivity index (χ2v) is 17.0. The van der Waals surface area contributed by atoms with E-state index in [2.05, 4.69) is 0 Å². The highest BCUT2D eigenvalue weighted by atomic mass is 16.6. The fourth-order valence-corrected chi connectivity index (χ4v) is 9.03. The van der Waals surface area contributed by atoms with Crippen LogP contribution in [0.4, 0.5) is 0 Å². The Bertz CT molecular complexity index is 2560. The Kier molecular flexibility index (Phi) is 17.5. The van der Waals surface area contributed by atoms with Crippen LogP contribution in [0.15, 0.2) is 78.9 Å². The molecule has 8 N–H and O–H groups in total. The van der Waals surface area contributed by atoms with Crippen LogP contribution in [-0.2, 0) is 9.47 Å². The third-order valence-electron chi connectivity index (χ3n) is 12.9. The number of hydrogen-bond acceptors (Lipinski definition) is 20. The van der Waals surface area contributed by atoms with E-state index in [9.17, 15) is 40.9 Å². The van der Waals surface area contributed by atoms with Crippen LogP contribution >= 0.6 is 0 Å². The molecule has 0 aromatic heterocycles. The molecule has 2 aliphatic rings. The fourth-order valence-electron chi connectivity index (χ4n) is 9.03. The third-order valence-corrected chi connectivity index (χ3v) is 12.9. The second-order valence-electron chi connectivity index (χ2n) is 17.0. The lowest BCUT2D eigenvalue weighted by molar-refractivity contribution is -0.00349. The van der Waals surface area contributed by atoms with Crippen molar-refractivity contribution in [3.8, 4) is 69.0 Å². The summed E-state index contributed by atoms with van der Waals surface area (Å²) in [5.41, 5.74) is 2.33. The Hall–Kier alpha value is -6.62. The highest BCUT2D eigenvalue weighted by Gasteiger charge is 2.49. The molecule has 2 saturated heterocycles. The quantitative estimate of drug-likeness (QED) is 0.0418. The highest BCUT2D eigenvalue weighted by Crippen LogP contribution is 2.54. The topological polar surface area (TPSA) is 273 Å². The van der Waals surface area contributed by atoms with Gasteiger partial charge in [0.15, 0.2) is 75.8 Å². The number of phenolic OH excluding ortho intramolecular Hbond substituents is 2. The molecule has 10 atom stereocenters. The largest absolute Gasteiger partial charge is 0.504 e. The van der Waals surface area contributed by atoms with Crippen molar-refractivity contribution in [1.29, 1.82) is 0 Å². The van der Waals surface area contributed by atoms with Gasteiger partial charge in [0.25, 0.3) is 0 Å². The van der Waals surface area contributed by atoms with Crippen molar-refractivity contribution in [1.82, 2.24) is 0 Å². The molecule has 0 amide bonds. The predicted octanol–water partition coefficient (Wildman–Crippen LogP) is 4.65. The van der Waals surface area contributed by atoms with Gasteiger partial charge >= 0.3 is 0 Å². The van der Waals surface area contributed by atoms with Gasteiger partial charge in [-0.2, -0.15) is 0 Å². The molecule has 0 radical (unpaired) electrons. The number of phenols is 2. The van der Waals surface area contributed by atoms with Crippen molar-refractivity contribution in [3.63, 3.8) is 0 Å². The maximum Gasteiger partial charge on any atom is 0.204 e. The number of rotatable bonds is 24. The highest BCUT2D eigenvalue weighted by molar-refractivity contribution is 5.57. The molecule has 20 nitrogen and oxygen atoms in total. The summed E-state index contributed by atoms with van der Waals surface area (Å²) in [5.74, 6) is 1.28. The number of fused-ring (bicyclic) bond motifs is 1. The SMILES string of the molecule is COc1cc([C@@H](O)[C@H](CO)Oc2ccc([C@@H](O)[C@@H](CO)Oc3c(OC)cc([C@@H]4OC[C@@H]5[C@H]4CO[C@H]5c4cc(OC)c(O[C@H](CO)[C@@H](O)c5ccc(O)c(OC)c5)c(OC)c4)cc3OC)cc2OC)ccc1O. The first-order chi connectivity index (χ1) is 34.8. The lowest BCUT2D eigenvalue weighted by Gasteiger charge is -2.27. The Morgan fingerprint density at radius 3 is 1.07 bits per heavy atom. The summed E-state index contributed by atoms with van der Waals surface area (Å²) in [6.45, 7) is -1.17. The van der Waals surface area contributed by atoms with Gasteiger partial charge < -0.3 is 97.7 Å². The van der Waals surface area contributed by atoms with E-state index in [1.807, 2.05) is 0 Å². The zero-order valence-electron chi connectivity index (χ0n) is 40.8. The van der Waals surface area contributed by atoms with Crippen LogP contribution in [-0.4, -0.2) is 142 Å². The van der Waals surface area contributed by atoms with Crippen molar-refractivity contribution < 1.29 is 97.7 Å². The fraction of sp³-hybridized carbons (Fsp3) is 0.423. The number of hydrogen-bond donors (Lipinski definition) is 8. The molecule has 72 heavy (non-hydrogen) atoms.